The Balaban J connectivity index is 1.66. The molecular formula is C22H15NO2. The molecule has 1 heterocycles. The van der Waals surface area contributed by atoms with E-state index in [0.717, 1.165) is 21.9 Å². The van der Waals surface area contributed by atoms with Crippen molar-refractivity contribution < 1.29 is 9.53 Å². The van der Waals surface area contributed by atoms with Gasteiger partial charge < -0.3 is 4.74 Å². The first-order valence-electron chi connectivity index (χ1n) is 8.03. The Morgan fingerprint density at radius 2 is 1.56 bits per heavy atom. The zero-order valence-electron chi connectivity index (χ0n) is 13.4. The molecule has 0 bridgehead atoms. The van der Waals surface area contributed by atoms with Crippen molar-refractivity contribution in [1.29, 1.82) is 0 Å². The van der Waals surface area contributed by atoms with Crippen LogP contribution >= 0.6 is 0 Å². The molecule has 0 saturated carbocycles. The van der Waals surface area contributed by atoms with Crippen molar-refractivity contribution in [3.8, 4) is 0 Å². The molecule has 3 aromatic rings. The van der Waals surface area contributed by atoms with Gasteiger partial charge in [-0.05, 0) is 34.1 Å². The first kappa shape index (κ1) is 15.1. The molecule has 120 valence electrons. The number of ether oxygens (including phenoxy) is 1. The quantitative estimate of drug-likeness (QED) is 0.510. The van der Waals surface area contributed by atoms with Crippen LogP contribution in [0.5, 0.6) is 0 Å². The maximum absolute atomic E-state index is 12.1. The van der Waals surface area contributed by atoms with Gasteiger partial charge in [0.2, 0.25) is 5.90 Å². The SMILES string of the molecule is O=C1OC(/C=C/c2ccccc2)=NC/1=C\c1cccc2ccccc12. The van der Waals surface area contributed by atoms with Gasteiger partial charge in [-0.25, -0.2) is 9.79 Å². The topological polar surface area (TPSA) is 38.7 Å². The fraction of sp³-hybridized carbons (Fsp3) is 0. The van der Waals surface area contributed by atoms with Crippen molar-refractivity contribution in [2.75, 3.05) is 0 Å². The van der Waals surface area contributed by atoms with Gasteiger partial charge in [0.1, 0.15) is 0 Å². The molecule has 0 radical (unpaired) electrons. The predicted molar refractivity (Wildman–Crippen MR) is 101 cm³/mol. The lowest BCUT2D eigenvalue weighted by molar-refractivity contribution is -0.129. The molecule has 0 atom stereocenters. The van der Waals surface area contributed by atoms with E-state index in [-0.39, 0.29) is 0 Å². The van der Waals surface area contributed by atoms with Crippen molar-refractivity contribution >= 4 is 34.8 Å². The number of carbonyl (C=O) groups excluding carboxylic acids is 1. The van der Waals surface area contributed by atoms with E-state index in [1.807, 2.05) is 78.9 Å². The largest absolute Gasteiger partial charge is 0.403 e. The minimum atomic E-state index is -0.430. The number of esters is 1. The second kappa shape index (κ2) is 6.57. The first-order valence-corrected chi connectivity index (χ1v) is 8.03. The van der Waals surface area contributed by atoms with Gasteiger partial charge >= 0.3 is 5.97 Å². The maximum atomic E-state index is 12.1. The number of carbonyl (C=O) groups is 1. The Bertz CT molecular complexity index is 1020. The fourth-order valence-corrected chi connectivity index (χ4v) is 2.75. The highest BCUT2D eigenvalue weighted by molar-refractivity contribution is 6.12. The number of fused-ring (bicyclic) bond motifs is 1. The molecule has 1 aliphatic rings. The van der Waals surface area contributed by atoms with E-state index < -0.39 is 5.97 Å². The number of cyclic esters (lactones) is 1. The van der Waals surface area contributed by atoms with Gasteiger partial charge in [0.05, 0.1) is 0 Å². The Morgan fingerprint density at radius 3 is 2.44 bits per heavy atom. The summed E-state index contributed by atoms with van der Waals surface area (Å²) in [6.45, 7) is 0. The number of aliphatic imine (C=N–C) groups is 1. The van der Waals surface area contributed by atoms with Crippen molar-refractivity contribution in [3.05, 3.63) is 95.7 Å². The third-order valence-corrected chi connectivity index (χ3v) is 3.97. The average Bonchev–Trinajstić information content (AvgIpc) is 3.01. The van der Waals surface area contributed by atoms with Crippen LogP contribution in [0.15, 0.2) is 89.6 Å². The molecule has 0 N–H and O–H groups in total. The lowest BCUT2D eigenvalue weighted by atomic mass is 10.0. The van der Waals surface area contributed by atoms with Gasteiger partial charge in [0.25, 0.3) is 0 Å². The minimum absolute atomic E-state index is 0.306. The van der Waals surface area contributed by atoms with Crippen LogP contribution in [0.1, 0.15) is 11.1 Å². The van der Waals surface area contributed by atoms with Crippen LogP contribution in [0.25, 0.3) is 22.9 Å². The van der Waals surface area contributed by atoms with E-state index in [2.05, 4.69) is 4.99 Å². The van der Waals surface area contributed by atoms with Gasteiger partial charge in [-0.2, -0.15) is 0 Å². The van der Waals surface area contributed by atoms with Crippen LogP contribution in [-0.2, 0) is 9.53 Å². The summed E-state index contributed by atoms with van der Waals surface area (Å²) in [5.74, 6) is -0.124. The van der Waals surface area contributed by atoms with Gasteiger partial charge in [0, 0.05) is 6.08 Å². The van der Waals surface area contributed by atoms with Crippen LogP contribution in [0, 0.1) is 0 Å². The minimum Gasteiger partial charge on any atom is -0.403 e. The Morgan fingerprint density at radius 1 is 0.800 bits per heavy atom. The zero-order valence-corrected chi connectivity index (χ0v) is 13.4. The molecule has 0 spiro atoms. The lowest BCUT2D eigenvalue weighted by Gasteiger charge is -2.01. The molecule has 0 amide bonds. The Labute approximate surface area is 145 Å². The first-order chi connectivity index (χ1) is 12.3. The molecule has 25 heavy (non-hydrogen) atoms. The van der Waals surface area contributed by atoms with Gasteiger partial charge in [-0.3, -0.25) is 0 Å². The smallest absolute Gasteiger partial charge is 0.363 e. The summed E-state index contributed by atoms with van der Waals surface area (Å²) in [7, 11) is 0. The monoisotopic (exact) mass is 325 g/mol. The van der Waals surface area contributed by atoms with Crippen molar-refractivity contribution in [1.82, 2.24) is 0 Å². The third kappa shape index (κ3) is 3.26. The molecule has 3 aromatic carbocycles. The summed E-state index contributed by atoms with van der Waals surface area (Å²) in [6, 6.07) is 23.8. The molecule has 0 fully saturated rings. The van der Waals surface area contributed by atoms with E-state index in [4.69, 9.17) is 4.74 Å². The summed E-state index contributed by atoms with van der Waals surface area (Å²) in [5.41, 5.74) is 2.28. The molecule has 4 rings (SSSR count). The van der Waals surface area contributed by atoms with Gasteiger partial charge in [0.15, 0.2) is 5.70 Å². The Hall–Kier alpha value is -3.46. The second-order valence-electron chi connectivity index (χ2n) is 5.68. The summed E-state index contributed by atoms with van der Waals surface area (Å²) in [5, 5.41) is 2.20. The van der Waals surface area contributed by atoms with E-state index >= 15 is 0 Å². The predicted octanol–water partition coefficient (Wildman–Crippen LogP) is 4.85. The van der Waals surface area contributed by atoms with Gasteiger partial charge in [-0.1, -0.05) is 72.8 Å². The summed E-state index contributed by atoms with van der Waals surface area (Å²) < 4.78 is 5.24. The van der Waals surface area contributed by atoms with Crippen LogP contribution < -0.4 is 0 Å². The summed E-state index contributed by atoms with van der Waals surface area (Å²) >= 11 is 0. The summed E-state index contributed by atoms with van der Waals surface area (Å²) in [4.78, 5) is 16.4. The lowest BCUT2D eigenvalue weighted by Crippen LogP contribution is -2.01. The van der Waals surface area contributed by atoms with E-state index in [1.165, 1.54) is 0 Å². The van der Waals surface area contributed by atoms with E-state index in [0.29, 0.717) is 11.6 Å². The van der Waals surface area contributed by atoms with E-state index in [1.54, 1.807) is 12.2 Å². The maximum Gasteiger partial charge on any atom is 0.363 e. The fourth-order valence-electron chi connectivity index (χ4n) is 2.75. The Kier molecular flexibility index (Phi) is 3.97. The number of hydrogen-bond acceptors (Lipinski definition) is 3. The highest BCUT2D eigenvalue weighted by Crippen LogP contribution is 2.23. The normalized spacial score (nSPS) is 15.8. The molecule has 0 saturated heterocycles. The molecule has 3 nitrogen and oxygen atoms in total. The zero-order chi connectivity index (χ0) is 17.1. The van der Waals surface area contributed by atoms with Crippen LogP contribution in [0.3, 0.4) is 0 Å². The van der Waals surface area contributed by atoms with Crippen LogP contribution in [0.4, 0.5) is 0 Å². The second-order valence-corrected chi connectivity index (χ2v) is 5.68. The highest BCUT2D eigenvalue weighted by atomic mass is 16.6. The standard InChI is InChI=1S/C22H15NO2/c24-22-20(15-18-11-6-10-17-9-4-5-12-19(17)18)23-21(25-22)14-13-16-7-2-1-3-8-16/h1-15H/b14-13+,20-15-. The molecule has 0 aromatic heterocycles. The van der Waals surface area contributed by atoms with Gasteiger partial charge in [-0.15, -0.1) is 0 Å². The van der Waals surface area contributed by atoms with E-state index in [9.17, 15) is 4.79 Å². The number of nitrogens with zero attached hydrogens (tertiary/aromatic N) is 1. The van der Waals surface area contributed by atoms with Crippen LogP contribution in [0.2, 0.25) is 0 Å². The van der Waals surface area contributed by atoms with Crippen molar-refractivity contribution in [2.24, 2.45) is 4.99 Å². The third-order valence-electron chi connectivity index (χ3n) is 3.97. The highest BCUT2D eigenvalue weighted by Gasteiger charge is 2.21. The molecule has 0 aliphatic carbocycles. The molecular weight excluding hydrogens is 310 g/mol. The van der Waals surface area contributed by atoms with Crippen LogP contribution in [-0.4, -0.2) is 11.9 Å². The van der Waals surface area contributed by atoms with Crippen molar-refractivity contribution in [2.45, 2.75) is 0 Å². The molecule has 3 heteroatoms. The number of hydrogen-bond donors (Lipinski definition) is 0. The molecule has 1 aliphatic heterocycles. The molecule has 0 unspecified atom stereocenters. The van der Waals surface area contributed by atoms with Crippen molar-refractivity contribution in [3.63, 3.8) is 0 Å². The number of benzene rings is 3. The number of rotatable bonds is 3. The average molecular weight is 325 g/mol. The summed E-state index contributed by atoms with van der Waals surface area (Å²) in [6.07, 6.45) is 5.35.